The molecule has 0 atom stereocenters. The summed E-state index contributed by atoms with van der Waals surface area (Å²) < 4.78 is 0. The molecule has 0 aliphatic heterocycles. The van der Waals surface area contributed by atoms with Gasteiger partial charge in [0.05, 0.1) is 11.3 Å². The van der Waals surface area contributed by atoms with E-state index >= 15 is 0 Å². The number of amides is 1. The summed E-state index contributed by atoms with van der Waals surface area (Å²) in [6, 6.07) is 20.8. The Bertz CT molecular complexity index is 1370. The Morgan fingerprint density at radius 1 is 0.844 bits per heavy atom. The lowest BCUT2D eigenvalue weighted by Gasteiger charge is -2.13. The largest absolute Gasteiger partial charge is 0.505 e. The first-order chi connectivity index (χ1) is 15.3. The second kappa shape index (κ2) is 8.63. The van der Waals surface area contributed by atoms with Crippen LogP contribution in [0.15, 0.2) is 77.0 Å². The Hall–Kier alpha value is -3.99. The van der Waals surface area contributed by atoms with Crippen LogP contribution in [0.25, 0.3) is 10.8 Å². The molecular formula is C27H25N3O2. The highest BCUT2D eigenvalue weighted by atomic mass is 16.3. The van der Waals surface area contributed by atoms with E-state index in [0.717, 1.165) is 38.7 Å². The predicted octanol–water partition coefficient (Wildman–Crippen LogP) is 7.45. The standard InChI is InChI=1S/C27H25N3O2/c1-16-12-13-21-20(14-16)15-22(27(32)28-23-10-6-5-8-18(23)3)26(31)25(21)30-29-24-11-7-9-17(2)19(24)4/h5-15,31H,1-4H3,(H,28,32). The van der Waals surface area contributed by atoms with Crippen molar-refractivity contribution in [2.75, 3.05) is 5.32 Å². The zero-order valence-electron chi connectivity index (χ0n) is 18.6. The van der Waals surface area contributed by atoms with Gasteiger partial charge in [0, 0.05) is 11.1 Å². The van der Waals surface area contributed by atoms with Crippen molar-refractivity contribution in [1.29, 1.82) is 0 Å². The van der Waals surface area contributed by atoms with Crippen LogP contribution in [0.5, 0.6) is 5.75 Å². The SMILES string of the molecule is Cc1ccc2c(N=Nc3cccc(C)c3C)c(O)c(C(=O)Nc3ccccc3C)cc2c1. The first-order valence-electron chi connectivity index (χ1n) is 10.5. The lowest BCUT2D eigenvalue weighted by atomic mass is 10.0. The van der Waals surface area contributed by atoms with E-state index in [4.69, 9.17) is 0 Å². The third kappa shape index (κ3) is 4.10. The number of para-hydroxylation sites is 1. The van der Waals surface area contributed by atoms with Crippen LogP contribution in [-0.2, 0) is 0 Å². The number of azo groups is 1. The Kier molecular flexibility index (Phi) is 5.73. The van der Waals surface area contributed by atoms with Crippen molar-refractivity contribution < 1.29 is 9.90 Å². The van der Waals surface area contributed by atoms with Gasteiger partial charge >= 0.3 is 0 Å². The molecule has 160 valence electrons. The summed E-state index contributed by atoms with van der Waals surface area (Å²) >= 11 is 0. The van der Waals surface area contributed by atoms with E-state index in [1.165, 1.54) is 0 Å². The van der Waals surface area contributed by atoms with Crippen LogP contribution >= 0.6 is 0 Å². The lowest BCUT2D eigenvalue weighted by Crippen LogP contribution is -2.13. The van der Waals surface area contributed by atoms with Crippen LogP contribution in [0.1, 0.15) is 32.6 Å². The maximum atomic E-state index is 13.1. The number of fused-ring (bicyclic) bond motifs is 1. The van der Waals surface area contributed by atoms with Gasteiger partial charge in [-0.05, 0) is 68.0 Å². The number of phenols is 1. The highest BCUT2D eigenvalue weighted by Crippen LogP contribution is 2.40. The number of carbonyl (C=O) groups is 1. The minimum absolute atomic E-state index is 0.154. The Balaban J connectivity index is 1.84. The number of rotatable bonds is 4. The highest BCUT2D eigenvalue weighted by molar-refractivity contribution is 6.12. The summed E-state index contributed by atoms with van der Waals surface area (Å²) in [5.74, 6) is -0.593. The zero-order valence-corrected chi connectivity index (χ0v) is 18.6. The van der Waals surface area contributed by atoms with Gasteiger partial charge in [0.25, 0.3) is 5.91 Å². The molecule has 5 heteroatoms. The number of hydrogen-bond acceptors (Lipinski definition) is 4. The fourth-order valence-electron chi connectivity index (χ4n) is 3.62. The molecule has 0 fully saturated rings. The monoisotopic (exact) mass is 423 g/mol. The number of hydrogen-bond donors (Lipinski definition) is 2. The van der Waals surface area contributed by atoms with Crippen molar-refractivity contribution in [3.05, 3.63) is 94.5 Å². The van der Waals surface area contributed by atoms with Crippen molar-refractivity contribution in [3.8, 4) is 5.75 Å². The third-order valence-corrected chi connectivity index (χ3v) is 5.71. The van der Waals surface area contributed by atoms with Crippen LogP contribution in [-0.4, -0.2) is 11.0 Å². The molecule has 4 aromatic rings. The molecule has 1 amide bonds. The molecule has 0 saturated carbocycles. The van der Waals surface area contributed by atoms with Gasteiger partial charge in [-0.1, -0.05) is 54.1 Å². The number of benzene rings is 4. The summed E-state index contributed by atoms with van der Waals surface area (Å²) in [5, 5.41) is 24.3. The van der Waals surface area contributed by atoms with E-state index in [-0.39, 0.29) is 17.0 Å². The third-order valence-electron chi connectivity index (χ3n) is 5.71. The molecule has 0 radical (unpaired) electrons. The average molecular weight is 424 g/mol. The summed E-state index contributed by atoms with van der Waals surface area (Å²) in [4.78, 5) is 13.1. The fourth-order valence-corrected chi connectivity index (χ4v) is 3.62. The van der Waals surface area contributed by atoms with Crippen LogP contribution in [0.4, 0.5) is 17.1 Å². The summed E-state index contributed by atoms with van der Waals surface area (Å²) in [7, 11) is 0. The van der Waals surface area contributed by atoms with Crippen LogP contribution < -0.4 is 5.32 Å². The van der Waals surface area contributed by atoms with Crippen molar-refractivity contribution in [2.24, 2.45) is 10.2 Å². The van der Waals surface area contributed by atoms with Crippen LogP contribution in [0, 0.1) is 27.7 Å². The van der Waals surface area contributed by atoms with Gasteiger partial charge in [0.15, 0.2) is 5.75 Å². The van der Waals surface area contributed by atoms with Gasteiger partial charge in [0.1, 0.15) is 5.69 Å². The topological polar surface area (TPSA) is 74.0 Å². The molecule has 32 heavy (non-hydrogen) atoms. The Morgan fingerprint density at radius 3 is 2.38 bits per heavy atom. The number of phenolic OH excluding ortho intramolecular Hbond substituents is 1. The quantitative estimate of drug-likeness (QED) is 0.335. The van der Waals surface area contributed by atoms with Crippen molar-refractivity contribution in [1.82, 2.24) is 0 Å². The maximum absolute atomic E-state index is 13.1. The molecule has 0 aliphatic rings. The predicted molar refractivity (Wildman–Crippen MR) is 130 cm³/mol. The molecule has 2 N–H and O–H groups in total. The first-order valence-corrected chi connectivity index (χ1v) is 10.5. The smallest absolute Gasteiger partial charge is 0.259 e. The minimum Gasteiger partial charge on any atom is -0.505 e. The molecule has 0 heterocycles. The molecule has 0 spiro atoms. The summed E-state index contributed by atoms with van der Waals surface area (Å²) in [6.45, 7) is 7.90. The number of nitrogens with one attached hydrogen (secondary N) is 1. The minimum atomic E-state index is -0.400. The second-order valence-electron chi connectivity index (χ2n) is 8.03. The van der Waals surface area contributed by atoms with Gasteiger partial charge in [-0.3, -0.25) is 4.79 Å². The van der Waals surface area contributed by atoms with E-state index in [1.807, 2.05) is 88.4 Å². The van der Waals surface area contributed by atoms with E-state index in [2.05, 4.69) is 15.5 Å². The van der Waals surface area contributed by atoms with Gasteiger partial charge in [-0.15, -0.1) is 5.11 Å². The average Bonchev–Trinajstić information content (AvgIpc) is 2.77. The number of carbonyl (C=O) groups excluding carboxylic acids is 1. The maximum Gasteiger partial charge on any atom is 0.259 e. The van der Waals surface area contributed by atoms with E-state index in [9.17, 15) is 9.90 Å². The van der Waals surface area contributed by atoms with Gasteiger partial charge in [-0.2, -0.15) is 5.11 Å². The van der Waals surface area contributed by atoms with E-state index < -0.39 is 5.91 Å². The molecule has 0 bridgehead atoms. The summed E-state index contributed by atoms with van der Waals surface area (Å²) in [6.07, 6.45) is 0. The van der Waals surface area contributed by atoms with E-state index in [1.54, 1.807) is 6.07 Å². The number of nitrogens with zero attached hydrogens (tertiary/aromatic N) is 2. The molecule has 4 rings (SSSR count). The van der Waals surface area contributed by atoms with Crippen LogP contribution in [0.3, 0.4) is 0 Å². The fraction of sp³-hybridized carbons (Fsp3) is 0.148. The molecule has 0 saturated heterocycles. The Morgan fingerprint density at radius 2 is 1.59 bits per heavy atom. The molecule has 0 aromatic heterocycles. The molecule has 0 unspecified atom stereocenters. The van der Waals surface area contributed by atoms with Crippen molar-refractivity contribution in [2.45, 2.75) is 27.7 Å². The number of anilines is 1. The highest BCUT2D eigenvalue weighted by Gasteiger charge is 2.19. The van der Waals surface area contributed by atoms with Gasteiger partial charge < -0.3 is 10.4 Å². The van der Waals surface area contributed by atoms with Crippen molar-refractivity contribution >= 4 is 33.7 Å². The lowest BCUT2D eigenvalue weighted by molar-refractivity contribution is 0.102. The molecule has 5 nitrogen and oxygen atoms in total. The van der Waals surface area contributed by atoms with Crippen molar-refractivity contribution in [3.63, 3.8) is 0 Å². The van der Waals surface area contributed by atoms with E-state index in [0.29, 0.717) is 5.69 Å². The second-order valence-corrected chi connectivity index (χ2v) is 8.03. The molecule has 4 aromatic carbocycles. The summed E-state index contributed by atoms with van der Waals surface area (Å²) in [5.41, 5.74) is 5.96. The van der Waals surface area contributed by atoms with Crippen LogP contribution in [0.2, 0.25) is 0 Å². The zero-order chi connectivity index (χ0) is 22.8. The van der Waals surface area contributed by atoms with Gasteiger partial charge in [0.2, 0.25) is 0 Å². The molecule has 0 aliphatic carbocycles. The Labute approximate surface area is 187 Å². The normalized spacial score (nSPS) is 11.2. The number of aromatic hydroxyl groups is 1. The van der Waals surface area contributed by atoms with Gasteiger partial charge in [-0.25, -0.2) is 0 Å². The molecular weight excluding hydrogens is 398 g/mol. The number of aryl methyl sites for hydroxylation is 3. The first kappa shape index (κ1) is 21.2.